The average molecular weight is 462 g/mol. The minimum Gasteiger partial charge on any atom is -0.479 e. The largest absolute Gasteiger partial charge is 0.479 e. The molecule has 34 heavy (non-hydrogen) atoms. The van der Waals surface area contributed by atoms with Gasteiger partial charge in [0.1, 0.15) is 5.75 Å². The first-order valence-corrected chi connectivity index (χ1v) is 11.3. The lowest BCUT2D eigenvalue weighted by atomic mass is 10.0. The molecule has 178 valence electrons. The van der Waals surface area contributed by atoms with Crippen LogP contribution in [0.3, 0.4) is 0 Å². The van der Waals surface area contributed by atoms with Crippen molar-refractivity contribution in [3.8, 4) is 16.9 Å². The van der Waals surface area contributed by atoms with Gasteiger partial charge in [-0.05, 0) is 61.2 Å². The van der Waals surface area contributed by atoms with Crippen LogP contribution in [0, 0.1) is 0 Å². The Morgan fingerprint density at radius 3 is 2.24 bits per heavy atom. The molecule has 0 unspecified atom stereocenters. The van der Waals surface area contributed by atoms with Crippen LogP contribution in [0.25, 0.3) is 11.1 Å². The maximum atomic E-state index is 12.8. The van der Waals surface area contributed by atoms with Crippen LogP contribution in [-0.2, 0) is 27.3 Å². The lowest BCUT2D eigenvalue weighted by Gasteiger charge is -2.25. The van der Waals surface area contributed by atoms with Crippen molar-refractivity contribution in [2.75, 3.05) is 6.61 Å². The van der Waals surface area contributed by atoms with Crippen LogP contribution < -0.4 is 10.1 Å². The Morgan fingerprint density at radius 2 is 1.59 bits per heavy atom. The second-order valence-corrected chi connectivity index (χ2v) is 8.49. The molecule has 0 bridgehead atoms. The number of rotatable bonds is 11. The minimum absolute atomic E-state index is 0.232. The molecule has 2 N–H and O–H groups in total. The summed E-state index contributed by atoms with van der Waals surface area (Å²) in [5, 5.41) is 12.2. The first-order chi connectivity index (χ1) is 16.3. The van der Waals surface area contributed by atoms with E-state index in [1.165, 1.54) is 0 Å². The Morgan fingerprint density at radius 1 is 0.912 bits per heavy atom. The maximum Gasteiger partial charge on any atom is 0.333 e. The summed E-state index contributed by atoms with van der Waals surface area (Å²) in [4.78, 5) is 24.1. The Balaban J connectivity index is 1.58. The van der Waals surface area contributed by atoms with Gasteiger partial charge >= 0.3 is 5.97 Å². The van der Waals surface area contributed by atoms with Crippen molar-refractivity contribution in [3.05, 3.63) is 90.0 Å². The summed E-state index contributed by atoms with van der Waals surface area (Å²) in [6, 6.07) is 25.2. The van der Waals surface area contributed by atoms with Crippen LogP contribution in [0.4, 0.5) is 0 Å². The number of ether oxygens (including phenoxy) is 2. The van der Waals surface area contributed by atoms with E-state index in [-0.39, 0.29) is 12.3 Å². The van der Waals surface area contributed by atoms with E-state index in [1.54, 1.807) is 45.0 Å². The van der Waals surface area contributed by atoms with E-state index < -0.39 is 17.7 Å². The number of aliphatic carboxylic acids is 1. The summed E-state index contributed by atoms with van der Waals surface area (Å²) in [7, 11) is 0. The number of amides is 1. The number of hydrogen-bond donors (Lipinski definition) is 2. The zero-order chi connectivity index (χ0) is 24.6. The standard InChI is InChI=1S/C28H31NO5/c1-4-33-25(26(30)31)18-20-13-15-24(16-14-20)34-28(2,3)27(32)29-19-21-9-8-12-23(17-21)22-10-6-5-7-11-22/h5-17,25H,4,18-19H2,1-3H3,(H,29,32)(H,30,31)/t25-/m0/s1. The van der Waals surface area contributed by atoms with Gasteiger partial charge in [-0.1, -0.05) is 60.7 Å². The molecule has 6 nitrogen and oxygen atoms in total. The highest BCUT2D eigenvalue weighted by atomic mass is 16.5. The number of nitrogens with one attached hydrogen (secondary N) is 1. The molecule has 3 aromatic rings. The molecule has 0 aromatic heterocycles. The number of hydrogen-bond acceptors (Lipinski definition) is 4. The summed E-state index contributed by atoms with van der Waals surface area (Å²) in [6.45, 7) is 5.91. The van der Waals surface area contributed by atoms with Crippen LogP contribution in [0.1, 0.15) is 31.9 Å². The van der Waals surface area contributed by atoms with Crippen molar-refractivity contribution < 1.29 is 24.2 Å². The lowest BCUT2D eigenvalue weighted by molar-refractivity contribution is -0.150. The molecule has 0 aliphatic carbocycles. The van der Waals surface area contributed by atoms with Gasteiger partial charge in [0, 0.05) is 19.6 Å². The molecule has 3 aromatic carbocycles. The second kappa shape index (κ2) is 11.5. The third kappa shape index (κ3) is 6.93. The van der Waals surface area contributed by atoms with E-state index in [9.17, 15) is 14.7 Å². The molecule has 1 amide bonds. The zero-order valence-corrected chi connectivity index (χ0v) is 19.8. The SMILES string of the molecule is CCO[C@@H](Cc1ccc(OC(C)(C)C(=O)NCc2cccc(-c3ccccc3)c2)cc1)C(=O)O. The van der Waals surface area contributed by atoms with E-state index in [0.29, 0.717) is 18.9 Å². The van der Waals surface area contributed by atoms with Crippen molar-refractivity contribution >= 4 is 11.9 Å². The fourth-order valence-corrected chi connectivity index (χ4v) is 3.55. The molecule has 3 rings (SSSR count). The highest BCUT2D eigenvalue weighted by Gasteiger charge is 2.29. The summed E-state index contributed by atoms with van der Waals surface area (Å²) < 4.78 is 11.2. The van der Waals surface area contributed by atoms with Gasteiger partial charge in [0.25, 0.3) is 5.91 Å². The van der Waals surface area contributed by atoms with Crippen molar-refractivity contribution in [1.82, 2.24) is 5.32 Å². The van der Waals surface area contributed by atoms with Crippen molar-refractivity contribution in [3.63, 3.8) is 0 Å². The molecular formula is C28H31NO5. The topological polar surface area (TPSA) is 84.9 Å². The highest BCUT2D eigenvalue weighted by molar-refractivity contribution is 5.84. The Hall–Kier alpha value is -3.64. The normalized spacial score (nSPS) is 12.1. The van der Waals surface area contributed by atoms with E-state index >= 15 is 0 Å². The number of carboxylic acids is 1. The van der Waals surface area contributed by atoms with Crippen LogP contribution in [0.2, 0.25) is 0 Å². The number of benzene rings is 3. The number of carboxylic acid groups (broad SMARTS) is 1. The number of carbonyl (C=O) groups excluding carboxylic acids is 1. The summed E-state index contributed by atoms with van der Waals surface area (Å²) in [5.41, 5.74) is 2.94. The molecular weight excluding hydrogens is 430 g/mol. The summed E-state index contributed by atoms with van der Waals surface area (Å²) >= 11 is 0. The monoisotopic (exact) mass is 461 g/mol. The smallest absolute Gasteiger partial charge is 0.333 e. The quantitative estimate of drug-likeness (QED) is 0.426. The van der Waals surface area contributed by atoms with Gasteiger partial charge in [-0.3, -0.25) is 4.79 Å². The van der Waals surface area contributed by atoms with E-state index in [0.717, 1.165) is 22.3 Å². The molecule has 0 radical (unpaired) electrons. The van der Waals surface area contributed by atoms with Gasteiger partial charge in [0.2, 0.25) is 0 Å². The van der Waals surface area contributed by atoms with Crippen LogP contribution in [0.5, 0.6) is 5.75 Å². The summed E-state index contributed by atoms with van der Waals surface area (Å²) in [6.07, 6.45) is -0.630. The van der Waals surface area contributed by atoms with Gasteiger partial charge in [0.05, 0.1) is 0 Å². The van der Waals surface area contributed by atoms with Gasteiger partial charge in [0.15, 0.2) is 11.7 Å². The first-order valence-electron chi connectivity index (χ1n) is 11.3. The van der Waals surface area contributed by atoms with E-state index in [1.807, 2.05) is 36.4 Å². The van der Waals surface area contributed by atoms with Crippen LogP contribution in [0.15, 0.2) is 78.9 Å². The molecule has 1 atom stereocenters. The molecule has 6 heteroatoms. The fraction of sp³-hybridized carbons (Fsp3) is 0.286. The Kier molecular flexibility index (Phi) is 8.44. The molecule has 0 heterocycles. The lowest BCUT2D eigenvalue weighted by Crippen LogP contribution is -2.46. The van der Waals surface area contributed by atoms with Gasteiger partial charge in [-0.2, -0.15) is 0 Å². The summed E-state index contributed by atoms with van der Waals surface area (Å²) in [5.74, 6) is -0.698. The molecule has 0 spiro atoms. The Labute approximate surface area is 200 Å². The van der Waals surface area contributed by atoms with E-state index in [4.69, 9.17) is 9.47 Å². The third-order valence-corrected chi connectivity index (χ3v) is 5.39. The first kappa shape index (κ1) is 25.0. The third-order valence-electron chi connectivity index (χ3n) is 5.39. The molecule has 0 saturated heterocycles. The van der Waals surface area contributed by atoms with Crippen molar-refractivity contribution in [2.24, 2.45) is 0 Å². The zero-order valence-electron chi connectivity index (χ0n) is 19.8. The Bertz CT molecular complexity index is 1090. The predicted octanol–water partition coefficient (Wildman–Crippen LogP) is 4.86. The fourth-order valence-electron chi connectivity index (χ4n) is 3.55. The second-order valence-electron chi connectivity index (χ2n) is 8.49. The van der Waals surface area contributed by atoms with Gasteiger partial charge in [-0.15, -0.1) is 0 Å². The van der Waals surface area contributed by atoms with Crippen LogP contribution in [-0.4, -0.2) is 35.3 Å². The average Bonchev–Trinajstić information content (AvgIpc) is 2.84. The highest BCUT2D eigenvalue weighted by Crippen LogP contribution is 2.22. The van der Waals surface area contributed by atoms with Crippen LogP contribution >= 0.6 is 0 Å². The molecule has 0 saturated carbocycles. The predicted molar refractivity (Wildman–Crippen MR) is 132 cm³/mol. The molecule has 0 aliphatic rings. The molecule has 0 aliphatic heterocycles. The van der Waals surface area contributed by atoms with E-state index in [2.05, 4.69) is 23.5 Å². The minimum atomic E-state index is -1.09. The van der Waals surface area contributed by atoms with Crippen molar-refractivity contribution in [2.45, 2.75) is 45.4 Å². The van der Waals surface area contributed by atoms with Gasteiger partial charge in [-0.25, -0.2) is 4.79 Å². The van der Waals surface area contributed by atoms with Crippen molar-refractivity contribution in [1.29, 1.82) is 0 Å². The van der Waals surface area contributed by atoms with Gasteiger partial charge < -0.3 is 19.9 Å². The maximum absolute atomic E-state index is 12.8. The number of carbonyl (C=O) groups is 2. The molecule has 0 fully saturated rings.